The summed E-state index contributed by atoms with van der Waals surface area (Å²) in [7, 11) is 0. The fourth-order valence-corrected chi connectivity index (χ4v) is 4.47. The van der Waals surface area contributed by atoms with Gasteiger partial charge in [-0.3, -0.25) is 9.59 Å². The molecule has 2 aromatic carbocycles. The van der Waals surface area contributed by atoms with Crippen LogP contribution < -0.4 is 11.1 Å². The molecule has 0 radical (unpaired) electrons. The first-order chi connectivity index (χ1) is 14.5. The van der Waals surface area contributed by atoms with Crippen molar-refractivity contribution in [2.24, 2.45) is 0 Å². The molecule has 0 aliphatic carbocycles. The first kappa shape index (κ1) is 20.2. The van der Waals surface area contributed by atoms with Crippen molar-refractivity contribution in [3.8, 4) is 11.1 Å². The van der Waals surface area contributed by atoms with Gasteiger partial charge in [0, 0.05) is 22.2 Å². The largest absolute Gasteiger partial charge is 0.321 e. The summed E-state index contributed by atoms with van der Waals surface area (Å²) in [6, 6.07) is 15.6. The molecular weight excluding hydrogens is 418 g/mol. The molecule has 2 heterocycles. The highest BCUT2D eigenvalue weighted by Crippen LogP contribution is 2.34. The molecule has 30 heavy (non-hydrogen) atoms. The summed E-state index contributed by atoms with van der Waals surface area (Å²) in [5.41, 5.74) is 3.26. The van der Waals surface area contributed by atoms with E-state index in [0.29, 0.717) is 33.4 Å². The molecule has 0 bridgehead atoms. The lowest BCUT2D eigenvalue weighted by Gasteiger charge is -2.10. The Morgan fingerprint density at radius 1 is 1.07 bits per heavy atom. The van der Waals surface area contributed by atoms with Crippen LogP contribution in [0, 0.1) is 6.92 Å². The van der Waals surface area contributed by atoms with E-state index >= 15 is 0 Å². The van der Waals surface area contributed by atoms with Crippen molar-refractivity contribution < 1.29 is 0 Å². The van der Waals surface area contributed by atoms with Crippen LogP contribution in [0.2, 0.25) is 5.02 Å². The average molecular weight is 436 g/mol. The van der Waals surface area contributed by atoms with E-state index in [2.05, 4.69) is 21.5 Å². The zero-order valence-corrected chi connectivity index (χ0v) is 17.7. The molecule has 0 fully saturated rings. The van der Waals surface area contributed by atoms with Crippen LogP contribution in [0.3, 0.4) is 0 Å². The van der Waals surface area contributed by atoms with Crippen LogP contribution >= 0.6 is 23.4 Å². The Balaban J connectivity index is 1.80. The van der Waals surface area contributed by atoms with E-state index in [0.717, 1.165) is 28.3 Å². The van der Waals surface area contributed by atoms with Gasteiger partial charge in [-0.25, -0.2) is 4.98 Å². The quantitative estimate of drug-likeness (QED) is 0.337. The highest BCUT2D eigenvalue weighted by atomic mass is 35.5. The summed E-state index contributed by atoms with van der Waals surface area (Å²) in [5.74, 6) is 0. The first-order valence-electron chi connectivity index (χ1n) is 9.27. The maximum Gasteiger partial charge on any atom is 0.264 e. The van der Waals surface area contributed by atoms with Gasteiger partial charge in [0.1, 0.15) is 0 Å². The second-order valence-corrected chi connectivity index (χ2v) is 8.13. The third kappa shape index (κ3) is 3.84. The van der Waals surface area contributed by atoms with E-state index in [4.69, 9.17) is 11.6 Å². The van der Waals surface area contributed by atoms with Crippen molar-refractivity contribution in [1.29, 1.82) is 0 Å². The maximum atomic E-state index is 12.7. The summed E-state index contributed by atoms with van der Waals surface area (Å²) in [4.78, 5) is 35.3. The molecule has 0 spiro atoms. The number of aromatic amines is 2. The van der Waals surface area contributed by atoms with Gasteiger partial charge in [0.25, 0.3) is 11.1 Å². The number of benzene rings is 2. The summed E-state index contributed by atoms with van der Waals surface area (Å²) in [5, 5.41) is 1.37. The van der Waals surface area contributed by atoms with Gasteiger partial charge in [-0.2, -0.15) is 0 Å². The Morgan fingerprint density at radius 3 is 2.53 bits per heavy atom. The minimum Gasteiger partial charge on any atom is -0.321 e. The van der Waals surface area contributed by atoms with Crippen molar-refractivity contribution in [3.05, 3.63) is 98.2 Å². The number of allylic oxidation sites excluding steroid dienone is 1. The normalized spacial score (nSPS) is 11.0. The lowest BCUT2D eigenvalue weighted by atomic mass is 10.0. The molecule has 2 N–H and O–H groups in total. The number of nitrogens with zero attached hydrogens (tertiary/aromatic N) is 1. The molecule has 4 aromatic rings. The number of hydrogen-bond acceptors (Lipinski definition) is 4. The van der Waals surface area contributed by atoms with E-state index in [1.165, 1.54) is 0 Å². The minimum atomic E-state index is -0.333. The van der Waals surface area contributed by atoms with Crippen molar-refractivity contribution in [2.75, 3.05) is 0 Å². The highest BCUT2D eigenvalue weighted by Gasteiger charge is 2.16. The average Bonchev–Trinajstić information content (AvgIpc) is 2.74. The monoisotopic (exact) mass is 435 g/mol. The van der Waals surface area contributed by atoms with Gasteiger partial charge in [0.05, 0.1) is 9.92 Å². The van der Waals surface area contributed by atoms with Gasteiger partial charge >= 0.3 is 0 Å². The predicted octanol–water partition coefficient (Wildman–Crippen LogP) is 5.12. The van der Waals surface area contributed by atoms with Crippen molar-refractivity contribution in [3.63, 3.8) is 0 Å². The van der Waals surface area contributed by atoms with Gasteiger partial charge in [0.2, 0.25) is 0 Å². The number of aromatic nitrogens is 3. The standard InChI is InChI=1S/C23H18ClN3O2S/c1-3-7-16-13(2)25-23(27-21(16)28)30-20-19(24)17-12-15(14-8-5-4-6-9-14)10-11-18(17)26-22(20)29/h3-6,8-12H,1,7H2,2H3,(H,26,29)(H,25,27,28). The van der Waals surface area contributed by atoms with Crippen LogP contribution in [0.1, 0.15) is 11.3 Å². The second kappa shape index (κ2) is 8.34. The number of rotatable bonds is 5. The SMILES string of the molecule is C=CCc1c(C)nc(Sc2c(Cl)c3cc(-c4ccccc4)ccc3[nH]c2=O)[nH]c1=O. The number of nitrogens with one attached hydrogen (secondary N) is 2. The molecule has 0 saturated heterocycles. The van der Waals surface area contributed by atoms with E-state index in [-0.39, 0.29) is 16.0 Å². The Bertz CT molecular complexity index is 1380. The van der Waals surface area contributed by atoms with Crippen molar-refractivity contribution in [2.45, 2.75) is 23.4 Å². The third-order valence-corrected chi connectivity index (χ3v) is 6.25. The lowest BCUT2D eigenvalue weighted by molar-refractivity contribution is 0.870. The fourth-order valence-electron chi connectivity index (χ4n) is 3.25. The van der Waals surface area contributed by atoms with E-state index < -0.39 is 0 Å². The Kier molecular flexibility index (Phi) is 5.61. The van der Waals surface area contributed by atoms with Crippen LogP contribution in [0.4, 0.5) is 0 Å². The van der Waals surface area contributed by atoms with Crippen LogP contribution in [0.15, 0.2) is 80.8 Å². The number of halogens is 1. The number of H-pyrrole nitrogens is 2. The molecule has 5 nitrogen and oxygen atoms in total. The Morgan fingerprint density at radius 2 is 1.83 bits per heavy atom. The van der Waals surface area contributed by atoms with E-state index in [9.17, 15) is 9.59 Å². The molecule has 0 amide bonds. The first-order valence-corrected chi connectivity index (χ1v) is 10.5. The molecule has 0 atom stereocenters. The Labute approximate surface area is 181 Å². The second-order valence-electron chi connectivity index (χ2n) is 6.75. The molecule has 0 aliphatic heterocycles. The molecule has 0 saturated carbocycles. The van der Waals surface area contributed by atoms with Gasteiger partial charge in [-0.15, -0.1) is 6.58 Å². The molecule has 0 unspecified atom stereocenters. The molecule has 4 rings (SSSR count). The van der Waals surface area contributed by atoms with Gasteiger partial charge in [0.15, 0.2) is 5.16 Å². The van der Waals surface area contributed by atoms with Gasteiger partial charge in [-0.1, -0.05) is 54.1 Å². The smallest absolute Gasteiger partial charge is 0.264 e. The van der Waals surface area contributed by atoms with Crippen LogP contribution in [0.5, 0.6) is 0 Å². The summed E-state index contributed by atoms with van der Waals surface area (Å²) >= 11 is 7.69. The number of hydrogen-bond donors (Lipinski definition) is 2. The summed E-state index contributed by atoms with van der Waals surface area (Å²) in [6.07, 6.45) is 2.08. The molecule has 0 aliphatic rings. The topological polar surface area (TPSA) is 78.6 Å². The maximum absolute atomic E-state index is 12.7. The number of aryl methyl sites for hydroxylation is 1. The van der Waals surface area contributed by atoms with E-state index in [1.807, 2.05) is 48.5 Å². The van der Waals surface area contributed by atoms with Gasteiger partial charge < -0.3 is 9.97 Å². The minimum absolute atomic E-state index is 0.246. The van der Waals surface area contributed by atoms with E-state index in [1.54, 1.807) is 13.0 Å². The zero-order valence-electron chi connectivity index (χ0n) is 16.2. The van der Waals surface area contributed by atoms with Crippen LogP contribution in [0.25, 0.3) is 22.0 Å². The molecule has 150 valence electrons. The Hall–Kier alpha value is -3.09. The zero-order chi connectivity index (χ0) is 21.3. The van der Waals surface area contributed by atoms with Crippen LogP contribution in [-0.4, -0.2) is 15.0 Å². The number of fused-ring (bicyclic) bond motifs is 1. The molecule has 2 aromatic heterocycles. The van der Waals surface area contributed by atoms with Crippen LogP contribution in [-0.2, 0) is 6.42 Å². The van der Waals surface area contributed by atoms with Crippen molar-refractivity contribution in [1.82, 2.24) is 15.0 Å². The molecule has 7 heteroatoms. The highest BCUT2D eigenvalue weighted by molar-refractivity contribution is 7.99. The lowest BCUT2D eigenvalue weighted by Crippen LogP contribution is -2.17. The third-order valence-electron chi connectivity index (χ3n) is 4.76. The van der Waals surface area contributed by atoms with Crippen molar-refractivity contribution >= 4 is 34.3 Å². The fraction of sp³-hybridized carbons (Fsp3) is 0.0870. The number of pyridine rings is 1. The summed E-state index contributed by atoms with van der Waals surface area (Å²) < 4.78 is 0. The molecular formula is C23H18ClN3O2S. The van der Waals surface area contributed by atoms with Gasteiger partial charge in [-0.05, 0) is 48.4 Å². The summed E-state index contributed by atoms with van der Waals surface area (Å²) in [6.45, 7) is 5.42. The predicted molar refractivity (Wildman–Crippen MR) is 123 cm³/mol.